The summed E-state index contributed by atoms with van der Waals surface area (Å²) in [7, 11) is 4.00. The number of nitrogens with zero attached hydrogens (tertiary/aromatic N) is 1. The van der Waals surface area contributed by atoms with Crippen LogP contribution in [0.5, 0.6) is 0 Å². The normalized spacial score (nSPS) is 13.8. The van der Waals surface area contributed by atoms with E-state index in [2.05, 4.69) is 31.9 Å². The number of Topliss-reactive ketones (excluding diaryl/α,β-unsaturated/α-hetero) is 1. The first-order valence-corrected chi connectivity index (χ1v) is 5.63. The van der Waals surface area contributed by atoms with Crippen LogP contribution < -0.4 is 0 Å². The van der Waals surface area contributed by atoms with Crippen LogP contribution in [0.2, 0.25) is 0 Å². The number of hydrogen-bond acceptors (Lipinski definition) is 2. The fourth-order valence-electron chi connectivity index (χ4n) is 1.31. The third kappa shape index (κ3) is 4.16. The zero-order valence-corrected chi connectivity index (χ0v) is 11.6. The molecule has 0 saturated heterocycles. The van der Waals surface area contributed by atoms with Gasteiger partial charge in [-0.25, -0.2) is 0 Å². The van der Waals surface area contributed by atoms with E-state index >= 15 is 0 Å². The monoisotopic (exact) mass is 233 g/mol. The largest absolute Gasteiger partial charge is 0.300 e. The van der Waals surface area contributed by atoms with Crippen LogP contribution in [0.1, 0.15) is 20.8 Å². The second kappa shape index (κ2) is 6.36. The van der Waals surface area contributed by atoms with Crippen LogP contribution in [0.25, 0.3) is 0 Å². The van der Waals surface area contributed by atoms with Gasteiger partial charge in [0.25, 0.3) is 0 Å². The lowest BCUT2D eigenvalue weighted by Crippen LogP contribution is -2.39. The molecule has 0 saturated carbocycles. The number of carbonyl (C=O) groups excluding carboxylic acids is 1. The van der Waals surface area contributed by atoms with E-state index in [-0.39, 0.29) is 11.3 Å². The zero-order chi connectivity index (χ0) is 13.6. The van der Waals surface area contributed by atoms with Crippen molar-refractivity contribution in [3.05, 3.63) is 48.6 Å². The summed E-state index contributed by atoms with van der Waals surface area (Å²) in [5, 5.41) is 0. The fourth-order valence-corrected chi connectivity index (χ4v) is 1.31. The van der Waals surface area contributed by atoms with E-state index < -0.39 is 0 Å². The van der Waals surface area contributed by atoms with Gasteiger partial charge in [0.2, 0.25) is 0 Å². The van der Waals surface area contributed by atoms with Crippen molar-refractivity contribution in [1.82, 2.24) is 4.90 Å². The van der Waals surface area contributed by atoms with E-state index in [4.69, 9.17) is 0 Å². The molecule has 0 rings (SSSR count). The molecular formula is C15H23NO. The quantitative estimate of drug-likeness (QED) is 0.519. The Balaban J connectivity index is 5.53. The Morgan fingerprint density at radius 1 is 1.24 bits per heavy atom. The summed E-state index contributed by atoms with van der Waals surface area (Å²) in [5.74, 6) is 0.0267. The highest BCUT2D eigenvalue weighted by molar-refractivity contribution is 5.96. The van der Waals surface area contributed by atoms with Gasteiger partial charge in [0.1, 0.15) is 0 Å². The van der Waals surface area contributed by atoms with Gasteiger partial charge in [0, 0.05) is 11.1 Å². The first-order chi connectivity index (χ1) is 7.77. The highest BCUT2D eigenvalue weighted by Crippen LogP contribution is 2.24. The van der Waals surface area contributed by atoms with Crippen molar-refractivity contribution in [3.63, 3.8) is 0 Å². The van der Waals surface area contributed by atoms with E-state index in [9.17, 15) is 4.79 Å². The van der Waals surface area contributed by atoms with Gasteiger partial charge < -0.3 is 4.90 Å². The SMILES string of the molecule is C=C/C=C(\C=C(/C=C)C(C)(C)N(C)C)C(C)=O. The Kier molecular flexibility index (Phi) is 5.83. The molecule has 0 aromatic heterocycles. The average Bonchev–Trinajstić information content (AvgIpc) is 2.23. The Labute approximate surface area is 105 Å². The van der Waals surface area contributed by atoms with E-state index in [1.807, 2.05) is 20.2 Å². The lowest BCUT2D eigenvalue weighted by molar-refractivity contribution is -0.113. The molecule has 0 fully saturated rings. The Morgan fingerprint density at radius 3 is 2.06 bits per heavy atom. The Hall–Kier alpha value is -1.41. The summed E-state index contributed by atoms with van der Waals surface area (Å²) in [6.07, 6.45) is 7.01. The van der Waals surface area contributed by atoms with Crippen LogP contribution in [-0.4, -0.2) is 30.3 Å². The van der Waals surface area contributed by atoms with Gasteiger partial charge in [0.05, 0.1) is 0 Å². The second-order valence-corrected chi connectivity index (χ2v) is 4.67. The summed E-state index contributed by atoms with van der Waals surface area (Å²) in [6, 6.07) is 0. The number of likely N-dealkylation sites (N-methyl/N-ethyl adjacent to an activating group) is 1. The van der Waals surface area contributed by atoms with Crippen LogP contribution in [0.3, 0.4) is 0 Å². The van der Waals surface area contributed by atoms with Crippen molar-refractivity contribution in [3.8, 4) is 0 Å². The van der Waals surface area contributed by atoms with Crippen molar-refractivity contribution >= 4 is 5.78 Å². The molecule has 0 amide bonds. The zero-order valence-electron chi connectivity index (χ0n) is 11.6. The van der Waals surface area contributed by atoms with Gasteiger partial charge in [-0.2, -0.15) is 0 Å². The summed E-state index contributed by atoms with van der Waals surface area (Å²) < 4.78 is 0. The second-order valence-electron chi connectivity index (χ2n) is 4.67. The highest BCUT2D eigenvalue weighted by Gasteiger charge is 2.24. The molecule has 0 aliphatic heterocycles. The average molecular weight is 233 g/mol. The van der Waals surface area contributed by atoms with Gasteiger partial charge in [-0.1, -0.05) is 31.4 Å². The molecule has 0 aromatic carbocycles. The van der Waals surface area contributed by atoms with Crippen molar-refractivity contribution < 1.29 is 4.79 Å². The summed E-state index contributed by atoms with van der Waals surface area (Å²) in [4.78, 5) is 13.6. The van der Waals surface area contributed by atoms with Crippen LogP contribution in [0.15, 0.2) is 48.6 Å². The maximum atomic E-state index is 11.5. The molecule has 0 aromatic rings. The first-order valence-electron chi connectivity index (χ1n) is 5.63. The molecule has 0 radical (unpaired) electrons. The van der Waals surface area contributed by atoms with Crippen LogP contribution in [0.4, 0.5) is 0 Å². The number of carbonyl (C=O) groups is 1. The minimum Gasteiger partial charge on any atom is -0.300 e. The molecule has 0 atom stereocenters. The molecule has 94 valence electrons. The maximum absolute atomic E-state index is 11.5. The smallest absolute Gasteiger partial charge is 0.159 e. The van der Waals surface area contributed by atoms with Gasteiger partial charge in [-0.05, 0) is 46.5 Å². The summed E-state index contributed by atoms with van der Waals surface area (Å²) >= 11 is 0. The molecule has 0 heterocycles. The Morgan fingerprint density at radius 2 is 1.76 bits per heavy atom. The molecule has 0 bridgehead atoms. The number of allylic oxidation sites excluding steroid dienone is 4. The highest BCUT2D eigenvalue weighted by atomic mass is 16.1. The Bertz CT molecular complexity index is 370. The number of hydrogen-bond donors (Lipinski definition) is 0. The summed E-state index contributed by atoms with van der Waals surface area (Å²) in [6.45, 7) is 13.2. The van der Waals surface area contributed by atoms with Crippen molar-refractivity contribution in [2.75, 3.05) is 14.1 Å². The maximum Gasteiger partial charge on any atom is 0.159 e. The van der Waals surface area contributed by atoms with Gasteiger partial charge >= 0.3 is 0 Å². The van der Waals surface area contributed by atoms with E-state index in [1.165, 1.54) is 0 Å². The minimum absolute atomic E-state index is 0.0267. The molecule has 0 N–H and O–H groups in total. The molecule has 17 heavy (non-hydrogen) atoms. The first kappa shape index (κ1) is 15.6. The third-order valence-corrected chi connectivity index (χ3v) is 3.06. The topological polar surface area (TPSA) is 20.3 Å². The molecule has 0 spiro atoms. The lowest BCUT2D eigenvalue weighted by atomic mass is 9.90. The molecular weight excluding hydrogens is 210 g/mol. The fraction of sp³-hybridized carbons (Fsp3) is 0.400. The summed E-state index contributed by atoms with van der Waals surface area (Å²) in [5.41, 5.74) is 1.48. The van der Waals surface area contributed by atoms with Crippen LogP contribution in [-0.2, 0) is 4.79 Å². The number of ketones is 1. The van der Waals surface area contributed by atoms with Crippen molar-refractivity contribution in [2.24, 2.45) is 0 Å². The van der Waals surface area contributed by atoms with E-state index in [0.29, 0.717) is 5.57 Å². The third-order valence-electron chi connectivity index (χ3n) is 3.06. The van der Waals surface area contributed by atoms with Crippen molar-refractivity contribution in [1.29, 1.82) is 0 Å². The standard InChI is InChI=1S/C15H23NO/c1-8-10-13(12(3)17)11-14(9-2)15(4,5)16(6)7/h8-11H,1-2H2,3-7H3/b13-10+,14-11+. The van der Waals surface area contributed by atoms with Crippen molar-refractivity contribution in [2.45, 2.75) is 26.3 Å². The number of rotatable bonds is 6. The minimum atomic E-state index is -0.169. The molecule has 2 nitrogen and oxygen atoms in total. The van der Waals surface area contributed by atoms with Crippen LogP contribution >= 0.6 is 0 Å². The molecule has 2 heteroatoms. The molecule has 0 aliphatic rings. The van der Waals surface area contributed by atoms with Gasteiger partial charge in [-0.15, -0.1) is 0 Å². The molecule has 0 aliphatic carbocycles. The van der Waals surface area contributed by atoms with E-state index in [1.54, 1.807) is 25.2 Å². The predicted octanol–water partition coefficient (Wildman–Crippen LogP) is 3.14. The lowest BCUT2D eigenvalue weighted by Gasteiger charge is -2.34. The van der Waals surface area contributed by atoms with Gasteiger partial charge in [-0.3, -0.25) is 4.79 Å². The van der Waals surface area contributed by atoms with Gasteiger partial charge in [0.15, 0.2) is 5.78 Å². The van der Waals surface area contributed by atoms with Crippen LogP contribution in [0, 0.1) is 0 Å². The molecule has 0 unspecified atom stereocenters. The van der Waals surface area contributed by atoms with E-state index in [0.717, 1.165) is 5.57 Å². The predicted molar refractivity (Wildman–Crippen MR) is 75.0 cm³/mol.